The minimum atomic E-state index is -0.376. The van der Waals surface area contributed by atoms with Gasteiger partial charge in [-0.1, -0.05) is 29.8 Å². The number of rotatable bonds is 4. The van der Waals surface area contributed by atoms with Crippen LogP contribution in [0.5, 0.6) is 0 Å². The number of ether oxygens (including phenoxy) is 1. The summed E-state index contributed by atoms with van der Waals surface area (Å²) in [6, 6.07) is 7.38. The Bertz CT molecular complexity index is 636. The van der Waals surface area contributed by atoms with Gasteiger partial charge in [-0.15, -0.1) is 12.4 Å². The topological polar surface area (TPSA) is 75.9 Å². The van der Waals surface area contributed by atoms with E-state index in [1.807, 2.05) is 18.2 Å². The van der Waals surface area contributed by atoms with Crippen molar-refractivity contribution in [3.05, 3.63) is 34.9 Å². The second-order valence-corrected chi connectivity index (χ2v) is 6.94. The third-order valence-electron chi connectivity index (χ3n) is 4.89. The Morgan fingerprint density at radius 1 is 1.12 bits per heavy atom. The van der Waals surface area contributed by atoms with Crippen molar-refractivity contribution in [2.75, 3.05) is 32.7 Å². The lowest BCUT2D eigenvalue weighted by molar-refractivity contribution is -0.147. The maximum Gasteiger partial charge on any atom is 0.251 e. The first kappa shape index (κ1) is 21.0. The maximum absolute atomic E-state index is 12.5. The number of piperazine rings is 1. The zero-order valence-corrected chi connectivity index (χ0v) is 16.2. The summed E-state index contributed by atoms with van der Waals surface area (Å²) in [5, 5.41) is 0.609. The third kappa shape index (κ3) is 4.88. The summed E-state index contributed by atoms with van der Waals surface area (Å²) in [4.78, 5) is 28.6. The standard InChI is InChI=1S/C18H24ClN3O3.ClH/c19-15-4-2-1-3-13(15)11-17(23)21-7-9-22(10-8-21)18(24)16-6-5-14(12-20)25-16;/h1-4,14,16H,5-12,20H2;1H/t14-,16+;/m1./s1. The number of nitrogens with two attached hydrogens (primary N) is 1. The summed E-state index contributed by atoms with van der Waals surface area (Å²) in [6.07, 6.45) is 1.47. The summed E-state index contributed by atoms with van der Waals surface area (Å²) in [6.45, 7) is 2.62. The SMILES string of the molecule is Cl.NC[C@H]1CC[C@@H](C(=O)N2CCN(C(=O)Cc3ccccc3Cl)CC2)O1. The Hall–Kier alpha value is -1.34. The van der Waals surface area contributed by atoms with Crippen LogP contribution in [-0.2, 0) is 20.7 Å². The van der Waals surface area contributed by atoms with Gasteiger partial charge in [0.25, 0.3) is 5.91 Å². The fraction of sp³-hybridized carbons (Fsp3) is 0.556. The fourth-order valence-corrected chi connectivity index (χ4v) is 3.56. The van der Waals surface area contributed by atoms with Gasteiger partial charge >= 0.3 is 0 Å². The van der Waals surface area contributed by atoms with E-state index in [1.165, 1.54) is 0 Å². The zero-order valence-electron chi connectivity index (χ0n) is 14.6. The van der Waals surface area contributed by atoms with E-state index in [-0.39, 0.29) is 42.9 Å². The highest BCUT2D eigenvalue weighted by atomic mass is 35.5. The van der Waals surface area contributed by atoms with Crippen molar-refractivity contribution in [3.63, 3.8) is 0 Å². The van der Waals surface area contributed by atoms with E-state index in [0.29, 0.717) is 37.7 Å². The van der Waals surface area contributed by atoms with Gasteiger partial charge in [0.15, 0.2) is 0 Å². The molecule has 0 unspecified atom stereocenters. The Morgan fingerprint density at radius 2 is 1.77 bits per heavy atom. The number of amides is 2. The highest BCUT2D eigenvalue weighted by Crippen LogP contribution is 2.22. The Kier molecular flexibility index (Phi) is 7.70. The molecule has 8 heteroatoms. The molecule has 144 valence electrons. The molecule has 0 saturated carbocycles. The first-order valence-electron chi connectivity index (χ1n) is 8.74. The van der Waals surface area contributed by atoms with E-state index in [4.69, 9.17) is 22.1 Å². The predicted molar refractivity (Wildman–Crippen MR) is 103 cm³/mol. The number of carbonyl (C=O) groups excluding carboxylic acids is 2. The van der Waals surface area contributed by atoms with Crippen LogP contribution in [0.2, 0.25) is 5.02 Å². The number of hydrogen-bond donors (Lipinski definition) is 1. The average Bonchev–Trinajstić information content (AvgIpc) is 3.12. The highest BCUT2D eigenvalue weighted by molar-refractivity contribution is 6.31. The van der Waals surface area contributed by atoms with Gasteiger partial charge in [0.05, 0.1) is 12.5 Å². The molecular weight excluding hydrogens is 377 g/mol. The van der Waals surface area contributed by atoms with Crippen LogP contribution < -0.4 is 5.73 Å². The lowest BCUT2D eigenvalue weighted by atomic mass is 10.1. The quantitative estimate of drug-likeness (QED) is 0.828. The summed E-state index contributed by atoms with van der Waals surface area (Å²) in [7, 11) is 0. The number of hydrogen-bond acceptors (Lipinski definition) is 4. The maximum atomic E-state index is 12.5. The first-order valence-corrected chi connectivity index (χ1v) is 9.11. The number of benzene rings is 1. The van der Waals surface area contributed by atoms with E-state index in [1.54, 1.807) is 15.9 Å². The number of nitrogens with zero attached hydrogens (tertiary/aromatic N) is 2. The normalized spacial score (nSPS) is 22.8. The molecule has 0 aliphatic carbocycles. The molecule has 1 aromatic rings. The van der Waals surface area contributed by atoms with Crippen molar-refractivity contribution in [3.8, 4) is 0 Å². The minimum absolute atomic E-state index is 0. The van der Waals surface area contributed by atoms with E-state index in [9.17, 15) is 9.59 Å². The summed E-state index contributed by atoms with van der Waals surface area (Å²) >= 11 is 6.12. The summed E-state index contributed by atoms with van der Waals surface area (Å²) < 4.78 is 5.68. The van der Waals surface area contributed by atoms with Crippen LogP contribution in [0.3, 0.4) is 0 Å². The molecular formula is C18H25Cl2N3O3. The molecule has 0 bridgehead atoms. The largest absolute Gasteiger partial charge is 0.364 e. The molecule has 2 atom stereocenters. The minimum Gasteiger partial charge on any atom is -0.364 e. The smallest absolute Gasteiger partial charge is 0.251 e. The third-order valence-corrected chi connectivity index (χ3v) is 5.26. The molecule has 3 rings (SSSR count). The monoisotopic (exact) mass is 401 g/mol. The molecule has 2 N–H and O–H groups in total. The van der Waals surface area contributed by atoms with Gasteiger partial charge in [-0.2, -0.15) is 0 Å². The van der Waals surface area contributed by atoms with E-state index < -0.39 is 0 Å². The molecule has 0 radical (unpaired) electrons. The van der Waals surface area contributed by atoms with Gasteiger partial charge in [0, 0.05) is 37.7 Å². The molecule has 2 heterocycles. The molecule has 6 nitrogen and oxygen atoms in total. The average molecular weight is 402 g/mol. The molecule has 2 aliphatic rings. The van der Waals surface area contributed by atoms with Gasteiger partial charge in [-0.25, -0.2) is 0 Å². The van der Waals surface area contributed by atoms with Crippen molar-refractivity contribution in [2.24, 2.45) is 5.73 Å². The molecule has 26 heavy (non-hydrogen) atoms. The van der Waals surface area contributed by atoms with Crippen LogP contribution in [0.25, 0.3) is 0 Å². The molecule has 2 aliphatic heterocycles. The number of carbonyl (C=O) groups is 2. The molecule has 0 aromatic heterocycles. The summed E-state index contributed by atoms with van der Waals surface area (Å²) in [5.74, 6) is 0.0645. The van der Waals surface area contributed by atoms with Crippen molar-refractivity contribution >= 4 is 35.8 Å². The molecule has 2 fully saturated rings. The Labute approximate surface area is 165 Å². The Morgan fingerprint density at radius 3 is 2.38 bits per heavy atom. The highest BCUT2D eigenvalue weighted by Gasteiger charge is 2.34. The molecule has 1 aromatic carbocycles. The number of halogens is 2. The van der Waals surface area contributed by atoms with Crippen LogP contribution in [0.1, 0.15) is 18.4 Å². The van der Waals surface area contributed by atoms with Crippen LogP contribution >= 0.6 is 24.0 Å². The van der Waals surface area contributed by atoms with Crippen molar-refractivity contribution in [2.45, 2.75) is 31.5 Å². The van der Waals surface area contributed by atoms with Crippen molar-refractivity contribution < 1.29 is 14.3 Å². The van der Waals surface area contributed by atoms with Gasteiger partial charge in [-0.3, -0.25) is 9.59 Å². The van der Waals surface area contributed by atoms with E-state index in [0.717, 1.165) is 18.4 Å². The van der Waals surface area contributed by atoms with Crippen LogP contribution in [-0.4, -0.2) is 66.5 Å². The van der Waals surface area contributed by atoms with Crippen LogP contribution in [0.4, 0.5) is 0 Å². The summed E-state index contributed by atoms with van der Waals surface area (Å²) in [5.41, 5.74) is 6.43. The second kappa shape index (κ2) is 9.55. The van der Waals surface area contributed by atoms with Gasteiger partial charge in [0.2, 0.25) is 5.91 Å². The predicted octanol–water partition coefficient (Wildman–Crippen LogP) is 1.48. The van der Waals surface area contributed by atoms with E-state index in [2.05, 4.69) is 0 Å². The van der Waals surface area contributed by atoms with Crippen molar-refractivity contribution in [1.82, 2.24) is 9.80 Å². The molecule has 2 saturated heterocycles. The van der Waals surface area contributed by atoms with E-state index >= 15 is 0 Å². The van der Waals surface area contributed by atoms with Gasteiger partial charge in [-0.05, 0) is 24.5 Å². The molecule has 2 amide bonds. The van der Waals surface area contributed by atoms with Crippen LogP contribution in [0.15, 0.2) is 24.3 Å². The fourth-order valence-electron chi connectivity index (χ4n) is 3.36. The lowest BCUT2D eigenvalue weighted by Crippen LogP contribution is -2.53. The van der Waals surface area contributed by atoms with Gasteiger partial charge < -0.3 is 20.3 Å². The second-order valence-electron chi connectivity index (χ2n) is 6.53. The molecule has 0 spiro atoms. The van der Waals surface area contributed by atoms with Crippen LogP contribution in [0, 0.1) is 0 Å². The zero-order chi connectivity index (χ0) is 17.8. The van der Waals surface area contributed by atoms with Crippen molar-refractivity contribution in [1.29, 1.82) is 0 Å². The first-order chi connectivity index (χ1) is 12.1. The Balaban J connectivity index is 0.00000243. The lowest BCUT2D eigenvalue weighted by Gasteiger charge is -2.36. The van der Waals surface area contributed by atoms with Gasteiger partial charge in [0.1, 0.15) is 6.10 Å².